The van der Waals surface area contributed by atoms with Crippen molar-refractivity contribution in [2.45, 2.75) is 109 Å². The predicted molar refractivity (Wildman–Crippen MR) is 367 cm³/mol. The summed E-state index contributed by atoms with van der Waals surface area (Å²) < 4.78 is 77.6. The number of nitrogens with zero attached hydrogens (tertiary/aromatic N) is 10. The zero-order chi connectivity index (χ0) is 72.3. The van der Waals surface area contributed by atoms with Crippen LogP contribution in [0.3, 0.4) is 0 Å². The number of ketones is 2. The fourth-order valence-electron chi connectivity index (χ4n) is 11.2. The van der Waals surface area contributed by atoms with E-state index in [9.17, 15) is 57.8 Å². The van der Waals surface area contributed by atoms with Crippen LogP contribution in [0.5, 0.6) is 5.75 Å². The first-order valence-corrected chi connectivity index (χ1v) is 37.0. The number of thiazole rings is 1. The van der Waals surface area contributed by atoms with Crippen LogP contribution in [0.25, 0.3) is 63.8 Å². The van der Waals surface area contributed by atoms with Crippen molar-refractivity contribution in [1.82, 2.24) is 25.2 Å². The number of amides is 2. The number of aryl methyl sites for hydroxylation is 1. The van der Waals surface area contributed by atoms with Gasteiger partial charge in [0.2, 0.25) is 5.91 Å². The van der Waals surface area contributed by atoms with Gasteiger partial charge in [-0.05, 0) is 97.6 Å². The van der Waals surface area contributed by atoms with Crippen molar-refractivity contribution in [3.05, 3.63) is 155 Å². The summed E-state index contributed by atoms with van der Waals surface area (Å²) in [6.45, 7) is 1.23. The second-order valence-corrected chi connectivity index (χ2v) is 28.3. The van der Waals surface area contributed by atoms with Crippen molar-refractivity contribution in [3.8, 4) is 39.3 Å². The third kappa shape index (κ3) is 21.5. The molecule has 2 aliphatic rings. The summed E-state index contributed by atoms with van der Waals surface area (Å²) in [6.07, 6.45) is 2.62. The highest BCUT2D eigenvalue weighted by Crippen LogP contribution is 2.66. The number of phosphoric acid groups is 3. The lowest BCUT2D eigenvalue weighted by molar-refractivity contribution is -0.128. The number of ether oxygens (including phenoxy) is 4. The van der Waals surface area contributed by atoms with E-state index in [0.717, 1.165) is 82.8 Å². The first kappa shape index (κ1) is 76.2. The molecule has 0 aliphatic carbocycles. The number of benzene rings is 4. The molecular formula is C63H70N13O21P3S. The number of rotatable bonds is 36. The standard InChI is InChI=1S/C63H70N13O21P3S/c1-2-75-29-15-18-39-31-46-50(32-48(39)75)95-62(81)58(61-70-47-24-10-11-26-53(47)101-61)57(46)44-22-8-9-23-45(44)60(80)68-28-14-20-42(77)19-6-4-3-5-7-25-49(78)40-16-12-21-43(30-40)90-37-55(72-74-66)91-36-54(79)67-27-13-17-41-34-76(63(82)71-59(41)64)56-33-51(92-38-69-73-65)52(94-56)35-93-99(86,87)97-100(88,89)96-98(83,84)85/h8-12,16,21-24,26,30-32,34,51-52,55-56H,2-7,14-15,18-20,25,27-29,33,35-38H2,1H3,(H,67,79)(H,68,80)(H,86,87)(H,88,89)(H2,64,71,82)(H2,83,84,85)/t51?,52-,55?,56-/m1/s1. The van der Waals surface area contributed by atoms with E-state index in [2.05, 4.69) is 78.5 Å². The summed E-state index contributed by atoms with van der Waals surface area (Å²) in [5.74, 6) is 4.11. The molecule has 7 aromatic rings. The third-order valence-electron chi connectivity index (χ3n) is 15.9. The van der Waals surface area contributed by atoms with Gasteiger partial charge in [-0.3, -0.25) is 28.3 Å². The molecule has 534 valence electrons. The fourth-order valence-corrected chi connectivity index (χ4v) is 15.3. The number of hydrogen-bond donors (Lipinski definition) is 7. The molecular weight excluding hydrogens is 1400 g/mol. The number of nitrogen functional groups attached to an aromatic ring is 1. The van der Waals surface area contributed by atoms with Gasteiger partial charge in [0.05, 0.1) is 35.0 Å². The van der Waals surface area contributed by atoms with Gasteiger partial charge in [0.25, 0.3) is 5.91 Å². The minimum Gasteiger partial charge on any atom is -0.491 e. The zero-order valence-electron chi connectivity index (χ0n) is 54.1. The van der Waals surface area contributed by atoms with Crippen LogP contribution >= 0.6 is 34.8 Å². The zero-order valence-corrected chi connectivity index (χ0v) is 57.6. The summed E-state index contributed by atoms with van der Waals surface area (Å²) in [5.41, 5.74) is 27.8. The molecule has 5 heterocycles. The molecule has 0 spiro atoms. The molecule has 1 fully saturated rings. The molecule has 4 unspecified atom stereocenters. The molecule has 8 N–H and O–H groups in total. The fraction of sp³-hybridized carbons (Fsp3) is 0.397. The second kappa shape index (κ2) is 35.6. The molecule has 0 radical (unpaired) electrons. The first-order valence-electron chi connectivity index (χ1n) is 31.7. The van der Waals surface area contributed by atoms with Crippen molar-refractivity contribution >= 4 is 90.9 Å². The number of nitrogens with one attached hydrogen (secondary N) is 2. The number of phosphoric ester groups is 1. The molecule has 1 saturated heterocycles. The molecule has 0 saturated carbocycles. The molecule has 9 rings (SSSR count). The lowest BCUT2D eigenvalue weighted by atomic mass is 9.90. The van der Waals surface area contributed by atoms with Crippen molar-refractivity contribution in [1.29, 1.82) is 0 Å². The number of hydrogen-bond acceptors (Lipinski definition) is 24. The van der Waals surface area contributed by atoms with Gasteiger partial charge in [0.15, 0.2) is 12.0 Å². The smallest absolute Gasteiger partial charge is 0.490 e. The van der Waals surface area contributed by atoms with Crippen LogP contribution < -0.4 is 37.3 Å². The normalized spacial score (nSPS) is 16.5. The van der Waals surface area contributed by atoms with Gasteiger partial charge < -0.3 is 64.2 Å². The number of unbranched alkanes of at least 4 members (excludes halogenated alkanes) is 4. The van der Waals surface area contributed by atoms with Gasteiger partial charge in [0.1, 0.15) is 65.8 Å². The van der Waals surface area contributed by atoms with Crippen LogP contribution in [-0.4, -0.2) is 129 Å². The minimum atomic E-state index is -5.86. The lowest BCUT2D eigenvalue weighted by Crippen LogP contribution is -2.31. The van der Waals surface area contributed by atoms with Gasteiger partial charge >= 0.3 is 34.8 Å². The Morgan fingerprint density at radius 3 is 2.42 bits per heavy atom. The van der Waals surface area contributed by atoms with Crippen LogP contribution in [0.4, 0.5) is 11.5 Å². The Balaban J connectivity index is 0.674. The topological polar surface area (TPSA) is 494 Å². The predicted octanol–water partition coefficient (Wildman–Crippen LogP) is 9.82. The second-order valence-electron chi connectivity index (χ2n) is 22.9. The number of anilines is 2. The summed E-state index contributed by atoms with van der Waals surface area (Å²) >= 11 is 1.39. The van der Waals surface area contributed by atoms with E-state index in [1.54, 1.807) is 30.3 Å². The molecule has 38 heteroatoms. The van der Waals surface area contributed by atoms with Crippen molar-refractivity contribution in [2.24, 2.45) is 10.2 Å². The van der Waals surface area contributed by atoms with Gasteiger partial charge in [0, 0.05) is 95.2 Å². The Labute approximate surface area is 579 Å². The van der Waals surface area contributed by atoms with E-state index >= 15 is 0 Å². The van der Waals surface area contributed by atoms with Crippen molar-refractivity contribution in [3.63, 3.8) is 0 Å². The van der Waals surface area contributed by atoms with Crippen LogP contribution in [0.2, 0.25) is 0 Å². The highest BCUT2D eigenvalue weighted by molar-refractivity contribution is 7.66. The van der Waals surface area contributed by atoms with Crippen LogP contribution in [0.15, 0.2) is 115 Å². The van der Waals surface area contributed by atoms with Crippen molar-refractivity contribution < 1.29 is 89.0 Å². The van der Waals surface area contributed by atoms with Crippen LogP contribution in [0.1, 0.15) is 116 Å². The largest absolute Gasteiger partial charge is 0.491 e. The van der Waals surface area contributed by atoms with Gasteiger partial charge in [-0.1, -0.05) is 83.8 Å². The average Bonchev–Trinajstić information content (AvgIpc) is 1.64. The molecule has 3 aromatic heterocycles. The van der Waals surface area contributed by atoms with Crippen LogP contribution in [0, 0.1) is 11.8 Å². The Morgan fingerprint density at radius 1 is 0.881 bits per heavy atom. The highest BCUT2D eigenvalue weighted by Gasteiger charge is 2.44. The van der Waals surface area contributed by atoms with E-state index in [1.165, 1.54) is 17.4 Å². The number of carbonyl (C=O) groups excluding carboxylic acids is 4. The summed E-state index contributed by atoms with van der Waals surface area (Å²) in [5, 5.41) is 13.5. The molecule has 101 heavy (non-hydrogen) atoms. The van der Waals surface area contributed by atoms with E-state index in [-0.39, 0.29) is 73.6 Å². The monoisotopic (exact) mass is 1470 g/mol. The maximum atomic E-state index is 14.2. The number of para-hydroxylation sites is 1. The number of Topliss-reactive ketones (excluding diaryl/α,β-unsaturated/α-hetero) is 2. The maximum Gasteiger partial charge on any atom is 0.490 e. The summed E-state index contributed by atoms with van der Waals surface area (Å²) in [4.78, 5) is 133. The van der Waals surface area contributed by atoms with Crippen molar-refractivity contribution in [2.75, 3.05) is 63.4 Å². The maximum absolute atomic E-state index is 14.2. The molecule has 4 aromatic carbocycles. The number of carbonyl (C=O) groups is 4. The quantitative estimate of drug-likeness (QED) is 0.00280. The number of aromatic nitrogens is 3. The first-order chi connectivity index (χ1) is 48.4. The highest BCUT2D eigenvalue weighted by atomic mass is 32.1. The molecule has 34 nitrogen and oxygen atoms in total. The van der Waals surface area contributed by atoms with E-state index in [1.807, 2.05) is 42.5 Å². The summed E-state index contributed by atoms with van der Waals surface area (Å²) in [6, 6.07) is 25.3. The van der Waals surface area contributed by atoms with E-state index in [0.29, 0.717) is 64.1 Å². The molecule has 2 amide bonds. The Morgan fingerprint density at radius 2 is 1.64 bits per heavy atom. The Hall–Kier alpha value is -8.99. The number of fused-ring (bicyclic) bond motifs is 3. The SMILES string of the molecule is CCN1CCCc2cc3c(-c4ccccc4C(=O)NCCCC(=O)CCCCCCCC(=O)c4cccc(OCC(N=[N+]=[N-])OCC(=O)NCC#Cc5cn([C@H]6CC(OCN=[N+]=[N-])[C@@H](COP(=O)(O)OP(=O)(O)OP(=O)(O)O)O6)c(=O)nc5N)c4)c(-c4nc5ccccc5s4)c(=O)oc3cc21. The lowest BCUT2D eigenvalue weighted by Gasteiger charge is -2.30. The van der Waals surface area contributed by atoms with E-state index in [4.69, 9.17) is 49.4 Å². The number of nitrogens with two attached hydrogens (primary N) is 1. The van der Waals surface area contributed by atoms with Gasteiger partial charge in [-0.25, -0.2) is 28.3 Å². The summed E-state index contributed by atoms with van der Waals surface area (Å²) in [7, 11) is -17.1. The number of azide groups is 2. The minimum absolute atomic E-state index is 0.0436. The van der Waals surface area contributed by atoms with Gasteiger partial charge in [-0.2, -0.15) is 13.6 Å². The third-order valence-corrected chi connectivity index (χ3v) is 20.7. The Bertz CT molecular complexity index is 4630. The van der Waals surface area contributed by atoms with Gasteiger partial charge in [-0.15, -0.1) is 11.3 Å². The van der Waals surface area contributed by atoms with Crippen LogP contribution in [-0.2, 0) is 57.1 Å². The average molecular weight is 1470 g/mol. The Kier molecular flexibility index (Phi) is 26.8. The molecule has 0 bridgehead atoms. The molecule has 6 atom stereocenters. The van der Waals surface area contributed by atoms with E-state index < -0.39 is 85.3 Å². The molecule has 2 aliphatic heterocycles.